The number of hydrogen-bond acceptors (Lipinski definition) is 7. The second-order valence-electron chi connectivity index (χ2n) is 11.6. The summed E-state index contributed by atoms with van der Waals surface area (Å²) in [7, 11) is 0. The molecular formula is C25H31F3O7. The molecule has 2 aliphatic heterocycles. The largest absolute Gasteiger partial charge is 0.490 e. The number of alkyl halides is 3. The smallest absolute Gasteiger partial charge is 0.455 e. The molecule has 2 saturated heterocycles. The first-order valence-corrected chi connectivity index (χ1v) is 12.5. The van der Waals surface area contributed by atoms with Gasteiger partial charge in [0.15, 0.2) is 19.4 Å². The van der Waals surface area contributed by atoms with Crippen LogP contribution in [0.25, 0.3) is 0 Å². The van der Waals surface area contributed by atoms with Crippen molar-refractivity contribution in [1.82, 2.24) is 0 Å². The summed E-state index contributed by atoms with van der Waals surface area (Å²) in [4.78, 5) is 24.4. The SMILES string of the molecule is C[C@]12CCC(=O)C=C1CC[C@@H]1[C@@H]2[C@@H](OC(=O)C(F)(F)F)C[C@@]2(C)[C@H]1CC[C@@]21OCO[C@]12COCO2. The Morgan fingerprint density at radius 3 is 2.57 bits per heavy atom. The Hall–Kier alpha value is -1.49. The summed E-state index contributed by atoms with van der Waals surface area (Å²) >= 11 is 0. The van der Waals surface area contributed by atoms with Gasteiger partial charge in [-0.05, 0) is 61.9 Å². The molecule has 0 aromatic carbocycles. The van der Waals surface area contributed by atoms with Crippen molar-refractivity contribution in [2.75, 3.05) is 20.2 Å². The average Bonchev–Trinajstić information content (AvgIpc) is 3.48. The van der Waals surface area contributed by atoms with Gasteiger partial charge in [0.05, 0.1) is 0 Å². The second-order valence-corrected chi connectivity index (χ2v) is 11.6. The van der Waals surface area contributed by atoms with Gasteiger partial charge in [0, 0.05) is 17.8 Å². The van der Waals surface area contributed by atoms with Gasteiger partial charge in [0.1, 0.15) is 18.3 Å². The quantitative estimate of drug-likeness (QED) is 0.503. The fourth-order valence-electron chi connectivity index (χ4n) is 8.94. The van der Waals surface area contributed by atoms with E-state index in [1.165, 1.54) is 0 Å². The lowest BCUT2D eigenvalue weighted by molar-refractivity contribution is -0.263. The molecule has 0 unspecified atom stereocenters. The fourth-order valence-corrected chi connectivity index (χ4v) is 8.94. The first-order valence-electron chi connectivity index (χ1n) is 12.5. The van der Waals surface area contributed by atoms with Crippen LogP contribution >= 0.6 is 0 Å². The van der Waals surface area contributed by atoms with Crippen LogP contribution in [0.3, 0.4) is 0 Å². The van der Waals surface area contributed by atoms with Crippen molar-refractivity contribution in [2.45, 2.75) is 82.5 Å². The maximum absolute atomic E-state index is 13.4. The van der Waals surface area contributed by atoms with Gasteiger partial charge in [0.2, 0.25) is 5.79 Å². The molecule has 0 aromatic heterocycles. The van der Waals surface area contributed by atoms with Crippen LogP contribution < -0.4 is 0 Å². The Balaban J connectivity index is 1.44. The van der Waals surface area contributed by atoms with Crippen LogP contribution in [-0.2, 0) is 33.3 Å². The molecule has 0 aromatic rings. The van der Waals surface area contributed by atoms with E-state index in [9.17, 15) is 22.8 Å². The van der Waals surface area contributed by atoms with Gasteiger partial charge < -0.3 is 23.7 Å². The molecule has 3 saturated carbocycles. The Bertz CT molecular complexity index is 967. The van der Waals surface area contributed by atoms with Crippen LogP contribution in [0.1, 0.15) is 58.8 Å². The summed E-state index contributed by atoms with van der Waals surface area (Å²) < 4.78 is 69.3. The third-order valence-electron chi connectivity index (χ3n) is 10.4. The van der Waals surface area contributed by atoms with E-state index in [0.717, 1.165) is 18.4 Å². The lowest BCUT2D eigenvalue weighted by Gasteiger charge is -2.62. The second kappa shape index (κ2) is 7.52. The van der Waals surface area contributed by atoms with E-state index < -0.39 is 40.5 Å². The molecule has 5 fully saturated rings. The van der Waals surface area contributed by atoms with Gasteiger partial charge in [-0.25, -0.2) is 4.79 Å². The number of hydrogen-bond donors (Lipinski definition) is 0. The van der Waals surface area contributed by atoms with Crippen LogP contribution in [0.2, 0.25) is 0 Å². The number of esters is 1. The molecule has 0 radical (unpaired) electrons. The molecule has 2 spiro atoms. The molecule has 0 N–H and O–H groups in total. The highest BCUT2D eigenvalue weighted by molar-refractivity contribution is 5.91. The van der Waals surface area contributed by atoms with Gasteiger partial charge in [-0.15, -0.1) is 0 Å². The van der Waals surface area contributed by atoms with Crippen molar-refractivity contribution in [3.63, 3.8) is 0 Å². The molecule has 6 aliphatic rings. The van der Waals surface area contributed by atoms with E-state index in [1.807, 2.05) is 13.8 Å². The summed E-state index contributed by atoms with van der Waals surface area (Å²) in [5.74, 6) is -3.42. The van der Waals surface area contributed by atoms with Crippen molar-refractivity contribution in [2.24, 2.45) is 28.6 Å². The highest BCUT2D eigenvalue weighted by Gasteiger charge is 2.77. The normalized spacial score (nSPS) is 49.1. The first-order chi connectivity index (χ1) is 16.5. The van der Waals surface area contributed by atoms with E-state index >= 15 is 0 Å². The van der Waals surface area contributed by atoms with Crippen molar-refractivity contribution in [3.8, 4) is 0 Å². The first kappa shape index (κ1) is 23.9. The van der Waals surface area contributed by atoms with E-state index in [4.69, 9.17) is 23.7 Å². The number of ether oxygens (including phenoxy) is 5. The van der Waals surface area contributed by atoms with Crippen molar-refractivity contribution >= 4 is 11.8 Å². The summed E-state index contributed by atoms with van der Waals surface area (Å²) in [5.41, 5.74) is -1.09. The van der Waals surface area contributed by atoms with Gasteiger partial charge in [-0.1, -0.05) is 19.4 Å². The monoisotopic (exact) mass is 500 g/mol. The number of ketones is 1. The number of fused-ring (bicyclic) bond motifs is 7. The molecule has 0 amide bonds. The summed E-state index contributed by atoms with van der Waals surface area (Å²) in [6.07, 6.45) is -0.423. The molecule has 7 nitrogen and oxygen atoms in total. The number of allylic oxidation sites excluding steroid dienone is 1. The van der Waals surface area contributed by atoms with E-state index in [0.29, 0.717) is 25.7 Å². The minimum Gasteiger partial charge on any atom is -0.455 e. The molecule has 8 atom stereocenters. The molecular weight excluding hydrogens is 469 g/mol. The number of carbonyl (C=O) groups excluding carboxylic acids is 2. The lowest BCUT2D eigenvalue weighted by atomic mass is 9.45. The zero-order valence-corrected chi connectivity index (χ0v) is 19.9. The molecule has 0 bridgehead atoms. The standard InChI is InChI=1S/C25H31F3O7/c1-21-7-5-15(29)9-14(21)3-4-16-17-6-8-23(24(34-13-32-23)11-31-12-33-24)22(17,2)10-18(19(16)21)35-20(30)25(26,27)28/h9,16-19H,3-8,10-13H2,1-2H3/t16-,17-,18-,19+,21-,22-,23+,24+/m0/s1. The predicted molar refractivity (Wildman–Crippen MR) is 112 cm³/mol. The number of carbonyl (C=O) groups is 2. The fraction of sp³-hybridized carbons (Fsp3) is 0.840. The number of rotatable bonds is 1. The average molecular weight is 501 g/mol. The third kappa shape index (κ3) is 3.06. The topological polar surface area (TPSA) is 80.3 Å². The molecule has 6 rings (SSSR count). The van der Waals surface area contributed by atoms with Crippen LogP contribution in [0.5, 0.6) is 0 Å². The van der Waals surface area contributed by atoms with Crippen LogP contribution in [0.4, 0.5) is 13.2 Å². The van der Waals surface area contributed by atoms with Crippen molar-refractivity contribution in [1.29, 1.82) is 0 Å². The maximum atomic E-state index is 13.4. The third-order valence-corrected chi connectivity index (χ3v) is 10.4. The van der Waals surface area contributed by atoms with E-state index in [-0.39, 0.29) is 50.2 Å². The van der Waals surface area contributed by atoms with Crippen molar-refractivity contribution < 1.29 is 46.4 Å². The Labute approximate surface area is 201 Å². The van der Waals surface area contributed by atoms with Crippen molar-refractivity contribution in [3.05, 3.63) is 11.6 Å². The van der Waals surface area contributed by atoms with Gasteiger partial charge in [0.25, 0.3) is 0 Å². The molecule has 2 heterocycles. The maximum Gasteiger partial charge on any atom is 0.490 e. The molecule has 10 heteroatoms. The van der Waals surface area contributed by atoms with Crippen LogP contribution in [0, 0.1) is 28.6 Å². The Morgan fingerprint density at radius 2 is 1.86 bits per heavy atom. The number of halogens is 3. The molecule has 35 heavy (non-hydrogen) atoms. The van der Waals surface area contributed by atoms with Gasteiger partial charge >= 0.3 is 12.1 Å². The summed E-state index contributed by atoms with van der Waals surface area (Å²) in [6, 6.07) is 0. The van der Waals surface area contributed by atoms with Gasteiger partial charge in [-0.2, -0.15) is 13.2 Å². The zero-order valence-electron chi connectivity index (χ0n) is 19.9. The highest BCUT2D eigenvalue weighted by Crippen LogP contribution is 2.72. The van der Waals surface area contributed by atoms with Gasteiger partial charge in [-0.3, -0.25) is 4.79 Å². The van der Waals surface area contributed by atoms with Crippen LogP contribution in [0.15, 0.2) is 11.6 Å². The van der Waals surface area contributed by atoms with E-state index in [2.05, 4.69) is 0 Å². The summed E-state index contributed by atoms with van der Waals surface area (Å²) in [5, 5.41) is 0. The zero-order chi connectivity index (χ0) is 24.9. The lowest BCUT2D eigenvalue weighted by Crippen LogP contribution is -2.66. The summed E-state index contributed by atoms with van der Waals surface area (Å²) in [6.45, 7) is 4.33. The van der Waals surface area contributed by atoms with E-state index in [1.54, 1.807) is 6.08 Å². The predicted octanol–water partition coefficient (Wildman–Crippen LogP) is 4.05. The minimum atomic E-state index is -5.09. The van der Waals surface area contributed by atoms with Crippen LogP contribution in [-0.4, -0.2) is 55.6 Å². The Morgan fingerprint density at radius 1 is 1.09 bits per heavy atom. The molecule has 194 valence electrons. The molecule has 4 aliphatic carbocycles. The highest BCUT2D eigenvalue weighted by atomic mass is 19.4. The minimum absolute atomic E-state index is 0.0121. The Kier molecular flexibility index (Phi) is 5.13.